The zero-order chi connectivity index (χ0) is 23.3. The molecule has 2 heterocycles. The zero-order valence-corrected chi connectivity index (χ0v) is 17.6. The third kappa shape index (κ3) is 3.59. The lowest BCUT2D eigenvalue weighted by Gasteiger charge is -2.23. The van der Waals surface area contributed by atoms with Crippen LogP contribution in [0.5, 0.6) is 0 Å². The number of hydrogen-bond acceptors (Lipinski definition) is 6. The van der Waals surface area contributed by atoms with Crippen molar-refractivity contribution in [1.82, 2.24) is 9.97 Å². The van der Waals surface area contributed by atoms with Gasteiger partial charge in [0.1, 0.15) is 11.5 Å². The quantitative estimate of drug-likeness (QED) is 0.788. The number of rotatable bonds is 4. The van der Waals surface area contributed by atoms with Crippen LogP contribution in [0.25, 0.3) is 11.3 Å². The van der Waals surface area contributed by atoms with Crippen molar-refractivity contribution in [2.24, 2.45) is 10.9 Å². The van der Waals surface area contributed by atoms with E-state index in [1.807, 2.05) is 13.0 Å². The highest BCUT2D eigenvalue weighted by Gasteiger charge is 2.40. The van der Waals surface area contributed by atoms with Crippen LogP contribution in [0.4, 0.5) is 8.78 Å². The number of amides is 1. The molecule has 7 nitrogen and oxygen atoms in total. The number of hydrogen-bond donors (Lipinski definition) is 1. The fourth-order valence-corrected chi connectivity index (χ4v) is 3.51. The number of carbonyl (C=O) groups is 2. The minimum Gasteiger partial charge on any atom is -0.381 e. The van der Waals surface area contributed by atoms with Gasteiger partial charge >= 0.3 is 0 Å². The molecule has 1 amide bonds. The van der Waals surface area contributed by atoms with Crippen LogP contribution in [0.3, 0.4) is 0 Å². The van der Waals surface area contributed by atoms with E-state index < -0.39 is 28.6 Å². The predicted octanol–water partition coefficient (Wildman–Crippen LogP) is 3.37. The fourth-order valence-electron chi connectivity index (χ4n) is 3.51. The lowest BCUT2D eigenvalue weighted by Crippen LogP contribution is -2.33. The van der Waals surface area contributed by atoms with E-state index in [1.165, 1.54) is 12.4 Å². The lowest BCUT2D eigenvalue weighted by atomic mass is 9.89. The number of aromatic nitrogens is 2. The van der Waals surface area contributed by atoms with E-state index >= 15 is 4.39 Å². The number of allylic oxidation sites excluding steroid dienone is 2. The molecule has 1 aromatic heterocycles. The summed E-state index contributed by atoms with van der Waals surface area (Å²) in [4.78, 5) is 37.6. The molecule has 0 radical (unpaired) electrons. The largest absolute Gasteiger partial charge is 0.381 e. The first kappa shape index (κ1) is 21.5. The van der Waals surface area contributed by atoms with Crippen molar-refractivity contribution < 1.29 is 23.2 Å². The number of nitrogens with two attached hydrogens (primary N) is 1. The Morgan fingerprint density at radius 2 is 1.97 bits per heavy atom. The van der Waals surface area contributed by atoms with Crippen LogP contribution in [-0.4, -0.2) is 33.0 Å². The topological polar surface area (TPSA) is 108 Å². The lowest BCUT2D eigenvalue weighted by molar-refractivity contribution is -0.128. The number of benzene rings is 1. The van der Waals surface area contributed by atoms with E-state index in [0.717, 1.165) is 17.7 Å². The Morgan fingerprint density at radius 1 is 1.22 bits per heavy atom. The fraction of sp³-hybridized carbons (Fsp3) is 0.261. The van der Waals surface area contributed by atoms with Gasteiger partial charge in [-0.15, -0.1) is 0 Å². The molecule has 9 heteroatoms. The molecule has 2 N–H and O–H groups in total. The van der Waals surface area contributed by atoms with Crippen molar-refractivity contribution in [3.63, 3.8) is 0 Å². The van der Waals surface area contributed by atoms with E-state index in [2.05, 4.69) is 15.1 Å². The number of ketones is 1. The minimum atomic E-state index is -2.21. The average Bonchev–Trinajstić information content (AvgIpc) is 3.03. The summed E-state index contributed by atoms with van der Waals surface area (Å²) in [6, 6.07) is 5.32. The SMILES string of the molecule is Cc1ccc(C2=NOC(C)(C)C2=O)cc1-c1cnc(C2(F)C=C(C(N)=O)C(F)=CC2)cn1. The van der Waals surface area contributed by atoms with Gasteiger partial charge in [-0.3, -0.25) is 19.6 Å². The van der Waals surface area contributed by atoms with Gasteiger partial charge in [0.25, 0.3) is 5.91 Å². The van der Waals surface area contributed by atoms with Crippen LogP contribution >= 0.6 is 0 Å². The summed E-state index contributed by atoms with van der Waals surface area (Å²) in [5, 5.41) is 3.92. The summed E-state index contributed by atoms with van der Waals surface area (Å²) in [6.45, 7) is 5.14. The number of halogens is 2. The molecule has 32 heavy (non-hydrogen) atoms. The van der Waals surface area contributed by atoms with E-state index in [4.69, 9.17) is 10.6 Å². The molecule has 1 aliphatic heterocycles. The van der Waals surface area contributed by atoms with Gasteiger partial charge in [0.05, 0.1) is 23.7 Å². The molecule has 0 fully saturated rings. The van der Waals surface area contributed by atoms with Crippen molar-refractivity contribution in [2.75, 3.05) is 0 Å². The molecule has 1 aliphatic carbocycles. The molecule has 4 rings (SSSR count). The number of alkyl halides is 1. The highest BCUT2D eigenvalue weighted by Crippen LogP contribution is 2.38. The second kappa shape index (κ2) is 7.44. The number of nitrogens with zero attached hydrogens (tertiary/aromatic N) is 3. The standard InChI is InChI=1S/C23H20F2N4O3/c1-12-4-5-13(19-20(30)22(2,3)32-29-19)8-14(12)17-10-28-18(11-27-17)23(25)7-6-16(24)15(9-23)21(26)31/h4-6,8-11H,7H2,1-3H3,(H2,26,31). The number of oxime groups is 1. The highest BCUT2D eigenvalue weighted by molar-refractivity contribution is 6.49. The van der Waals surface area contributed by atoms with Crippen molar-refractivity contribution in [3.8, 4) is 11.3 Å². The van der Waals surface area contributed by atoms with Gasteiger partial charge in [-0.2, -0.15) is 0 Å². The molecule has 1 unspecified atom stereocenters. The maximum absolute atomic E-state index is 15.4. The third-order valence-electron chi connectivity index (χ3n) is 5.47. The first-order valence-electron chi connectivity index (χ1n) is 9.84. The number of aryl methyl sites for hydroxylation is 1. The van der Waals surface area contributed by atoms with Crippen LogP contribution in [0.15, 0.2) is 59.3 Å². The normalized spacial score (nSPS) is 22.0. The number of primary amides is 1. The summed E-state index contributed by atoms with van der Waals surface area (Å²) < 4.78 is 29.2. The molecule has 2 aromatic rings. The van der Waals surface area contributed by atoms with Gasteiger partial charge in [0.15, 0.2) is 17.0 Å². The Morgan fingerprint density at radius 3 is 2.56 bits per heavy atom. The average molecular weight is 438 g/mol. The van der Waals surface area contributed by atoms with E-state index in [0.29, 0.717) is 16.8 Å². The van der Waals surface area contributed by atoms with Crippen LogP contribution in [0.2, 0.25) is 0 Å². The molecule has 1 atom stereocenters. The molecule has 164 valence electrons. The monoisotopic (exact) mass is 438 g/mol. The van der Waals surface area contributed by atoms with Crippen LogP contribution in [0, 0.1) is 6.92 Å². The van der Waals surface area contributed by atoms with E-state index in [1.54, 1.807) is 26.0 Å². The highest BCUT2D eigenvalue weighted by atomic mass is 19.1. The predicted molar refractivity (Wildman–Crippen MR) is 113 cm³/mol. The molecular weight excluding hydrogens is 418 g/mol. The Kier molecular flexibility index (Phi) is 4.99. The van der Waals surface area contributed by atoms with Gasteiger partial charge in [-0.05, 0) is 44.6 Å². The number of Topliss-reactive ketones (excluding diaryl/α,β-unsaturated/α-hetero) is 1. The Balaban J connectivity index is 1.67. The van der Waals surface area contributed by atoms with Crippen molar-refractivity contribution >= 4 is 17.4 Å². The van der Waals surface area contributed by atoms with Crippen molar-refractivity contribution in [3.05, 3.63) is 71.0 Å². The second-order valence-corrected chi connectivity index (χ2v) is 8.23. The molecule has 0 spiro atoms. The van der Waals surface area contributed by atoms with Gasteiger partial charge in [0.2, 0.25) is 5.78 Å². The molecule has 0 bridgehead atoms. The smallest absolute Gasteiger partial charge is 0.251 e. The maximum atomic E-state index is 15.4. The van der Waals surface area contributed by atoms with E-state index in [9.17, 15) is 14.0 Å². The summed E-state index contributed by atoms with van der Waals surface area (Å²) in [7, 11) is 0. The third-order valence-corrected chi connectivity index (χ3v) is 5.47. The summed E-state index contributed by atoms with van der Waals surface area (Å²) in [5.74, 6) is -2.16. The second-order valence-electron chi connectivity index (χ2n) is 8.23. The van der Waals surface area contributed by atoms with Gasteiger partial charge in [-0.1, -0.05) is 17.3 Å². The summed E-state index contributed by atoms with van der Waals surface area (Å²) in [6.07, 6.45) is 4.08. The zero-order valence-electron chi connectivity index (χ0n) is 17.6. The molecule has 1 aromatic carbocycles. The van der Waals surface area contributed by atoms with Crippen molar-refractivity contribution in [2.45, 2.75) is 38.5 Å². The first-order valence-corrected chi connectivity index (χ1v) is 9.84. The molecule has 0 saturated carbocycles. The Hall–Kier alpha value is -3.75. The van der Waals surface area contributed by atoms with Gasteiger partial charge < -0.3 is 10.6 Å². The van der Waals surface area contributed by atoms with Crippen LogP contribution in [-0.2, 0) is 20.1 Å². The Bertz CT molecular complexity index is 1230. The number of carbonyl (C=O) groups excluding carboxylic acids is 2. The minimum absolute atomic E-state index is 0.0805. The van der Waals surface area contributed by atoms with E-state index in [-0.39, 0.29) is 23.6 Å². The van der Waals surface area contributed by atoms with Crippen molar-refractivity contribution in [1.29, 1.82) is 0 Å². The summed E-state index contributed by atoms with van der Waals surface area (Å²) >= 11 is 0. The first-order chi connectivity index (χ1) is 15.0. The maximum Gasteiger partial charge on any atom is 0.251 e. The van der Waals surface area contributed by atoms with Crippen LogP contribution in [0.1, 0.15) is 37.1 Å². The van der Waals surface area contributed by atoms with Crippen LogP contribution < -0.4 is 5.73 Å². The van der Waals surface area contributed by atoms with Gasteiger partial charge in [-0.25, -0.2) is 8.78 Å². The van der Waals surface area contributed by atoms with Gasteiger partial charge in [0, 0.05) is 17.5 Å². The Labute approximate surface area is 182 Å². The summed E-state index contributed by atoms with van der Waals surface area (Å²) in [5.41, 5.74) is 4.04. The molecule has 2 aliphatic rings. The molecular formula is C23H20F2N4O3. The molecule has 0 saturated heterocycles.